The van der Waals surface area contributed by atoms with E-state index >= 15 is 0 Å². The van der Waals surface area contributed by atoms with Gasteiger partial charge >= 0.3 is 0 Å². The number of halogens is 2. The van der Waals surface area contributed by atoms with E-state index in [0.29, 0.717) is 23.0 Å². The zero-order valence-electron chi connectivity index (χ0n) is 14.9. The third kappa shape index (κ3) is 4.76. The quantitative estimate of drug-likeness (QED) is 0.714. The fourth-order valence-electron chi connectivity index (χ4n) is 2.81. The summed E-state index contributed by atoms with van der Waals surface area (Å²) < 4.78 is 1.74. The zero-order chi connectivity index (χ0) is 19.3. The van der Waals surface area contributed by atoms with Crippen LogP contribution in [-0.4, -0.2) is 57.1 Å². The smallest absolute Gasteiger partial charge is 0.227 e. The molecule has 142 valence electrons. The standard InChI is InChI=1S/C18H23Cl2N3O3/c1-12-15(11-18(26)22(7-9-25)6-3-8-24)13(2)23(21-12)14-4-5-16(19)17(20)10-14/h4-5,10,24-25H,3,6-9,11H2,1-2H3. The van der Waals surface area contributed by atoms with Crippen molar-refractivity contribution in [2.75, 3.05) is 26.3 Å². The minimum Gasteiger partial charge on any atom is -0.396 e. The van der Waals surface area contributed by atoms with E-state index in [9.17, 15) is 4.79 Å². The number of benzene rings is 1. The first kappa shape index (κ1) is 20.7. The molecule has 2 rings (SSSR count). The van der Waals surface area contributed by atoms with Crippen molar-refractivity contribution in [1.82, 2.24) is 14.7 Å². The Morgan fingerprint density at radius 1 is 1.15 bits per heavy atom. The Morgan fingerprint density at radius 3 is 2.50 bits per heavy atom. The van der Waals surface area contributed by atoms with Crippen molar-refractivity contribution < 1.29 is 15.0 Å². The van der Waals surface area contributed by atoms with Crippen molar-refractivity contribution in [2.45, 2.75) is 26.7 Å². The fourth-order valence-corrected chi connectivity index (χ4v) is 3.10. The topological polar surface area (TPSA) is 78.6 Å². The molecular weight excluding hydrogens is 377 g/mol. The Labute approximate surface area is 162 Å². The molecule has 0 saturated heterocycles. The van der Waals surface area contributed by atoms with Crippen LogP contribution in [0.2, 0.25) is 10.0 Å². The van der Waals surface area contributed by atoms with Gasteiger partial charge in [0.05, 0.1) is 34.5 Å². The summed E-state index contributed by atoms with van der Waals surface area (Å²) in [6.45, 7) is 4.30. The van der Waals surface area contributed by atoms with E-state index in [4.69, 9.17) is 33.4 Å². The number of amides is 1. The summed E-state index contributed by atoms with van der Waals surface area (Å²) in [7, 11) is 0. The van der Waals surface area contributed by atoms with E-state index in [1.54, 1.807) is 21.7 Å². The second-order valence-electron chi connectivity index (χ2n) is 6.02. The molecule has 0 spiro atoms. The van der Waals surface area contributed by atoms with Gasteiger partial charge in [-0.1, -0.05) is 23.2 Å². The summed E-state index contributed by atoms with van der Waals surface area (Å²) in [5.41, 5.74) is 3.22. The molecule has 1 aromatic carbocycles. The third-order valence-electron chi connectivity index (χ3n) is 4.23. The molecule has 0 atom stereocenters. The third-order valence-corrected chi connectivity index (χ3v) is 4.96. The van der Waals surface area contributed by atoms with Gasteiger partial charge in [-0.05, 0) is 38.5 Å². The predicted octanol–water partition coefficient (Wildman–Crippen LogP) is 2.54. The second kappa shape index (κ2) is 9.37. The van der Waals surface area contributed by atoms with Gasteiger partial charge in [0.15, 0.2) is 0 Å². The minimum atomic E-state index is -0.113. The summed E-state index contributed by atoms with van der Waals surface area (Å²) in [5.74, 6) is -0.104. The number of aliphatic hydroxyl groups is 2. The van der Waals surface area contributed by atoms with Crippen molar-refractivity contribution in [2.24, 2.45) is 0 Å². The van der Waals surface area contributed by atoms with Crippen molar-refractivity contribution in [1.29, 1.82) is 0 Å². The van der Waals surface area contributed by atoms with E-state index in [-0.39, 0.29) is 32.1 Å². The number of nitrogens with zero attached hydrogens (tertiary/aromatic N) is 3. The molecule has 0 saturated carbocycles. The minimum absolute atomic E-state index is 0.00250. The van der Waals surface area contributed by atoms with Crippen molar-refractivity contribution in [3.63, 3.8) is 0 Å². The molecule has 0 radical (unpaired) electrons. The number of carbonyl (C=O) groups is 1. The Morgan fingerprint density at radius 2 is 1.88 bits per heavy atom. The lowest BCUT2D eigenvalue weighted by atomic mass is 10.1. The van der Waals surface area contributed by atoms with Gasteiger partial charge in [-0.25, -0.2) is 4.68 Å². The fraction of sp³-hybridized carbons (Fsp3) is 0.444. The summed E-state index contributed by atoms with van der Waals surface area (Å²) in [6, 6.07) is 5.26. The van der Waals surface area contributed by atoms with Gasteiger partial charge in [0.2, 0.25) is 5.91 Å². The molecule has 2 N–H and O–H groups in total. The summed E-state index contributed by atoms with van der Waals surface area (Å²) in [5, 5.41) is 23.6. The highest BCUT2D eigenvalue weighted by atomic mass is 35.5. The van der Waals surface area contributed by atoms with Crippen molar-refractivity contribution in [3.8, 4) is 5.69 Å². The summed E-state index contributed by atoms with van der Waals surface area (Å²) >= 11 is 12.1. The number of aromatic nitrogens is 2. The SMILES string of the molecule is Cc1nn(-c2ccc(Cl)c(Cl)c2)c(C)c1CC(=O)N(CCO)CCCO. The number of aliphatic hydroxyl groups excluding tert-OH is 2. The highest BCUT2D eigenvalue weighted by Gasteiger charge is 2.20. The maximum atomic E-state index is 12.6. The highest BCUT2D eigenvalue weighted by molar-refractivity contribution is 6.42. The molecule has 1 aromatic heterocycles. The molecule has 0 fully saturated rings. The molecule has 0 bridgehead atoms. The van der Waals surface area contributed by atoms with E-state index < -0.39 is 0 Å². The lowest BCUT2D eigenvalue weighted by Gasteiger charge is -2.21. The molecule has 1 amide bonds. The average Bonchev–Trinajstić information content (AvgIpc) is 2.89. The lowest BCUT2D eigenvalue weighted by molar-refractivity contribution is -0.131. The molecule has 1 heterocycles. The predicted molar refractivity (Wildman–Crippen MR) is 102 cm³/mol. The van der Waals surface area contributed by atoms with Gasteiger partial charge in [0, 0.05) is 31.0 Å². The van der Waals surface area contributed by atoms with Gasteiger partial charge in [0.25, 0.3) is 0 Å². The van der Waals surface area contributed by atoms with Crippen molar-refractivity contribution >= 4 is 29.1 Å². The Balaban J connectivity index is 2.26. The second-order valence-corrected chi connectivity index (χ2v) is 6.83. The van der Waals surface area contributed by atoms with Crippen molar-refractivity contribution in [3.05, 3.63) is 45.2 Å². The number of carbonyl (C=O) groups excluding carboxylic acids is 1. The van der Waals surface area contributed by atoms with E-state index in [0.717, 1.165) is 22.6 Å². The van der Waals surface area contributed by atoms with Gasteiger partial charge in [0.1, 0.15) is 0 Å². The molecule has 2 aromatic rings. The Hall–Kier alpha value is -1.60. The first-order valence-corrected chi connectivity index (χ1v) is 9.14. The summed E-state index contributed by atoms with van der Waals surface area (Å²) in [4.78, 5) is 14.2. The average molecular weight is 400 g/mol. The van der Waals surface area contributed by atoms with Crippen LogP contribution in [0.4, 0.5) is 0 Å². The van der Waals surface area contributed by atoms with E-state index in [2.05, 4.69) is 5.10 Å². The first-order chi connectivity index (χ1) is 12.4. The Kier molecular flexibility index (Phi) is 7.46. The molecule has 0 aliphatic rings. The van der Waals surface area contributed by atoms with Gasteiger partial charge in [-0.2, -0.15) is 5.10 Å². The van der Waals surface area contributed by atoms with Crippen LogP contribution < -0.4 is 0 Å². The van der Waals surface area contributed by atoms with Crippen LogP contribution in [0, 0.1) is 13.8 Å². The van der Waals surface area contributed by atoms with Gasteiger partial charge < -0.3 is 15.1 Å². The molecule has 0 aliphatic heterocycles. The van der Waals surface area contributed by atoms with Crippen LogP contribution in [0.3, 0.4) is 0 Å². The van der Waals surface area contributed by atoms with Crippen LogP contribution in [0.5, 0.6) is 0 Å². The molecule has 0 unspecified atom stereocenters. The normalized spacial score (nSPS) is 11.0. The van der Waals surface area contributed by atoms with Gasteiger partial charge in [-0.15, -0.1) is 0 Å². The number of hydrogen-bond donors (Lipinski definition) is 2. The number of aryl methyl sites for hydroxylation is 1. The molecule has 0 aliphatic carbocycles. The van der Waals surface area contributed by atoms with E-state index in [1.807, 2.05) is 19.9 Å². The van der Waals surface area contributed by atoms with Crippen LogP contribution in [-0.2, 0) is 11.2 Å². The molecule has 26 heavy (non-hydrogen) atoms. The first-order valence-electron chi connectivity index (χ1n) is 8.39. The lowest BCUT2D eigenvalue weighted by Crippen LogP contribution is -2.36. The zero-order valence-corrected chi connectivity index (χ0v) is 16.4. The van der Waals surface area contributed by atoms with Crippen LogP contribution in [0.15, 0.2) is 18.2 Å². The molecule has 6 nitrogen and oxygen atoms in total. The summed E-state index contributed by atoms with van der Waals surface area (Å²) in [6.07, 6.45) is 0.663. The maximum absolute atomic E-state index is 12.6. The van der Waals surface area contributed by atoms with Crippen LogP contribution >= 0.6 is 23.2 Å². The monoisotopic (exact) mass is 399 g/mol. The maximum Gasteiger partial charge on any atom is 0.227 e. The Bertz CT molecular complexity index is 777. The van der Waals surface area contributed by atoms with Crippen LogP contribution in [0.1, 0.15) is 23.4 Å². The number of hydrogen-bond acceptors (Lipinski definition) is 4. The van der Waals surface area contributed by atoms with Crippen LogP contribution in [0.25, 0.3) is 5.69 Å². The highest BCUT2D eigenvalue weighted by Crippen LogP contribution is 2.26. The largest absolute Gasteiger partial charge is 0.396 e. The van der Waals surface area contributed by atoms with Gasteiger partial charge in [-0.3, -0.25) is 4.79 Å². The number of rotatable bonds is 8. The van der Waals surface area contributed by atoms with E-state index in [1.165, 1.54) is 0 Å². The molecular formula is C18H23Cl2N3O3. The molecule has 8 heteroatoms.